The lowest BCUT2D eigenvalue weighted by Gasteiger charge is -2.24. The van der Waals surface area contributed by atoms with Crippen molar-refractivity contribution in [2.45, 2.75) is 44.2 Å². The van der Waals surface area contributed by atoms with Crippen LogP contribution in [0.2, 0.25) is 0 Å². The highest BCUT2D eigenvalue weighted by Gasteiger charge is 2.57. The highest BCUT2D eigenvalue weighted by molar-refractivity contribution is 7.90. The molecule has 1 aromatic heterocycles. The Balaban J connectivity index is 1.98. The van der Waals surface area contributed by atoms with Gasteiger partial charge in [-0.15, -0.1) is 0 Å². The molecule has 4 atom stereocenters. The molecule has 11 heteroatoms. The number of aromatic amines is 1. The zero-order valence-electron chi connectivity index (χ0n) is 12.8. The van der Waals surface area contributed by atoms with E-state index in [2.05, 4.69) is 10.1 Å². The van der Waals surface area contributed by atoms with Crippen LogP contribution in [-0.2, 0) is 24.0 Å². The number of rotatable bonds is 3. The maximum atomic E-state index is 11.9. The number of sulfone groups is 1. The van der Waals surface area contributed by atoms with Crippen LogP contribution in [0.5, 0.6) is 0 Å². The van der Waals surface area contributed by atoms with E-state index in [9.17, 15) is 18.0 Å². The summed E-state index contributed by atoms with van der Waals surface area (Å²) in [6.45, 7) is 3.37. The van der Waals surface area contributed by atoms with E-state index in [0.717, 1.165) is 17.1 Å². The Bertz CT molecular complexity index is 828. The Morgan fingerprint density at radius 1 is 1.30 bits per heavy atom. The van der Waals surface area contributed by atoms with Crippen molar-refractivity contribution in [1.82, 2.24) is 14.8 Å². The molecule has 10 nitrogen and oxygen atoms in total. The monoisotopic (exact) mass is 347 g/mol. The van der Waals surface area contributed by atoms with Gasteiger partial charge in [0.15, 0.2) is 12.0 Å². The van der Waals surface area contributed by atoms with Gasteiger partial charge in [-0.1, -0.05) is 0 Å². The molecule has 0 saturated carbocycles. The van der Waals surface area contributed by atoms with E-state index in [1.165, 1.54) is 0 Å². The number of H-pyrrole nitrogens is 1. The second-order valence-corrected chi connectivity index (χ2v) is 8.29. The molecule has 3 heterocycles. The number of aromatic nitrogens is 3. The fourth-order valence-electron chi connectivity index (χ4n) is 2.83. The van der Waals surface area contributed by atoms with Crippen LogP contribution < -0.4 is 11.2 Å². The van der Waals surface area contributed by atoms with E-state index in [1.54, 1.807) is 13.8 Å². The second kappa shape index (κ2) is 5.23. The van der Waals surface area contributed by atoms with Gasteiger partial charge in [0.25, 0.3) is 5.56 Å². The summed E-state index contributed by atoms with van der Waals surface area (Å²) in [4.78, 5) is 25.1. The quantitative estimate of drug-likeness (QED) is 0.691. The Kier molecular flexibility index (Phi) is 3.71. The fourth-order valence-corrected chi connectivity index (χ4v) is 3.70. The van der Waals surface area contributed by atoms with E-state index in [0.29, 0.717) is 0 Å². The topological polar surface area (TPSA) is 130 Å². The van der Waals surface area contributed by atoms with Crippen LogP contribution in [0.1, 0.15) is 20.1 Å². The van der Waals surface area contributed by atoms with Crippen LogP contribution in [0.4, 0.5) is 0 Å². The summed E-state index contributed by atoms with van der Waals surface area (Å²) in [6, 6.07) is 0. The molecule has 2 fully saturated rings. The van der Waals surface area contributed by atoms with Gasteiger partial charge in [0.05, 0.1) is 5.75 Å². The number of nitrogens with one attached hydrogen (secondary N) is 1. The molecule has 128 valence electrons. The first kappa shape index (κ1) is 16.3. The smallest absolute Gasteiger partial charge is 0.346 e. The van der Waals surface area contributed by atoms with Gasteiger partial charge in [0, 0.05) is 6.26 Å². The molecule has 0 radical (unpaired) electrons. The van der Waals surface area contributed by atoms with Crippen LogP contribution in [0.3, 0.4) is 0 Å². The molecule has 3 rings (SSSR count). The maximum Gasteiger partial charge on any atom is 0.347 e. The highest BCUT2D eigenvalue weighted by Crippen LogP contribution is 2.42. The summed E-state index contributed by atoms with van der Waals surface area (Å²) < 4.78 is 41.2. The molecule has 1 N–H and O–H groups in total. The van der Waals surface area contributed by atoms with Crippen molar-refractivity contribution >= 4 is 9.84 Å². The maximum absolute atomic E-state index is 11.9. The van der Waals surface area contributed by atoms with Gasteiger partial charge in [-0.3, -0.25) is 9.78 Å². The molecule has 0 aliphatic carbocycles. The number of fused-ring (bicyclic) bond motifs is 1. The highest BCUT2D eigenvalue weighted by atomic mass is 32.2. The molecular formula is C12H17N3O7S. The molecule has 2 aliphatic rings. The molecule has 0 aromatic carbocycles. The lowest BCUT2D eigenvalue weighted by molar-refractivity contribution is -0.196. The van der Waals surface area contributed by atoms with Crippen molar-refractivity contribution < 1.29 is 22.6 Å². The van der Waals surface area contributed by atoms with Crippen molar-refractivity contribution in [3.63, 3.8) is 0 Å². The SMILES string of the molecule is CC1(C)OC2C(CS(C)(=O)=O)OC(n3ncc(=O)[nH]c3=O)C2O1. The summed E-state index contributed by atoms with van der Waals surface area (Å²) in [5.41, 5.74) is -1.41. The summed E-state index contributed by atoms with van der Waals surface area (Å²) in [6.07, 6.45) is -1.15. The van der Waals surface area contributed by atoms with Crippen molar-refractivity contribution in [3.05, 3.63) is 27.0 Å². The number of hydrogen-bond acceptors (Lipinski definition) is 8. The Morgan fingerprint density at radius 3 is 2.57 bits per heavy atom. The van der Waals surface area contributed by atoms with Gasteiger partial charge in [-0.2, -0.15) is 9.78 Å². The van der Waals surface area contributed by atoms with Crippen LogP contribution in [0, 0.1) is 0 Å². The molecule has 23 heavy (non-hydrogen) atoms. The number of hydrogen-bond donors (Lipinski definition) is 1. The first-order chi connectivity index (χ1) is 10.6. The molecule has 4 unspecified atom stereocenters. The molecule has 0 bridgehead atoms. The molecule has 1 aromatic rings. The lowest BCUT2D eigenvalue weighted by atomic mass is 10.1. The predicted molar refractivity (Wildman–Crippen MR) is 76.6 cm³/mol. The predicted octanol–water partition coefficient (Wildman–Crippen LogP) is -1.61. The second-order valence-electron chi connectivity index (χ2n) is 6.11. The third kappa shape index (κ3) is 3.22. The van der Waals surface area contributed by atoms with Gasteiger partial charge < -0.3 is 14.2 Å². The van der Waals surface area contributed by atoms with Crippen LogP contribution in [-0.4, -0.2) is 59.3 Å². The van der Waals surface area contributed by atoms with Gasteiger partial charge in [0.1, 0.15) is 34.3 Å². The molecule has 0 amide bonds. The third-order valence-electron chi connectivity index (χ3n) is 3.57. The zero-order chi connectivity index (χ0) is 17.0. The third-order valence-corrected chi connectivity index (χ3v) is 4.50. The average molecular weight is 347 g/mol. The summed E-state index contributed by atoms with van der Waals surface area (Å²) in [7, 11) is -3.33. The van der Waals surface area contributed by atoms with Crippen LogP contribution in [0.15, 0.2) is 15.8 Å². The van der Waals surface area contributed by atoms with E-state index in [4.69, 9.17) is 14.2 Å². The summed E-state index contributed by atoms with van der Waals surface area (Å²) in [5, 5.41) is 3.75. The Morgan fingerprint density at radius 2 is 1.96 bits per heavy atom. The minimum atomic E-state index is -3.33. The van der Waals surface area contributed by atoms with Crippen LogP contribution in [0.25, 0.3) is 0 Å². The minimum Gasteiger partial charge on any atom is -0.346 e. The van der Waals surface area contributed by atoms with E-state index < -0.39 is 51.4 Å². The van der Waals surface area contributed by atoms with Crippen molar-refractivity contribution in [1.29, 1.82) is 0 Å². The van der Waals surface area contributed by atoms with E-state index >= 15 is 0 Å². The largest absolute Gasteiger partial charge is 0.347 e. The van der Waals surface area contributed by atoms with Crippen LogP contribution >= 0.6 is 0 Å². The molecule has 2 aliphatic heterocycles. The first-order valence-corrected chi connectivity index (χ1v) is 8.99. The van der Waals surface area contributed by atoms with Gasteiger partial charge in [0.2, 0.25) is 0 Å². The van der Waals surface area contributed by atoms with Gasteiger partial charge in [-0.25, -0.2) is 13.2 Å². The summed E-state index contributed by atoms with van der Waals surface area (Å²) in [5.74, 6) is -1.22. The van der Waals surface area contributed by atoms with Gasteiger partial charge >= 0.3 is 5.69 Å². The summed E-state index contributed by atoms with van der Waals surface area (Å²) >= 11 is 0. The average Bonchev–Trinajstić information content (AvgIpc) is 2.83. The normalized spacial score (nSPS) is 32.8. The van der Waals surface area contributed by atoms with E-state index in [1.807, 2.05) is 0 Å². The zero-order valence-corrected chi connectivity index (χ0v) is 13.6. The van der Waals surface area contributed by atoms with Crippen molar-refractivity contribution in [3.8, 4) is 0 Å². The number of ether oxygens (including phenoxy) is 3. The number of nitrogens with zero attached hydrogens (tertiary/aromatic N) is 2. The Hall–Kier alpha value is -1.56. The standard InChI is InChI=1S/C12H17N3O7S/c1-12(2)21-8-6(5-23(3,18)19)20-10(9(8)22-12)15-11(17)14-7(16)4-13-15/h4,6,8-10H,5H2,1-3H3,(H,14,16,17). The first-order valence-electron chi connectivity index (χ1n) is 6.93. The molecule has 0 spiro atoms. The minimum absolute atomic E-state index is 0.276. The lowest BCUT2D eigenvalue weighted by Crippen LogP contribution is -2.39. The van der Waals surface area contributed by atoms with Crippen molar-refractivity contribution in [2.24, 2.45) is 0 Å². The van der Waals surface area contributed by atoms with E-state index in [-0.39, 0.29) is 5.75 Å². The fraction of sp³-hybridized carbons (Fsp3) is 0.750. The Labute approximate surface area is 131 Å². The molecule has 2 saturated heterocycles. The van der Waals surface area contributed by atoms with Crippen molar-refractivity contribution in [2.75, 3.05) is 12.0 Å². The molecular weight excluding hydrogens is 330 g/mol. The van der Waals surface area contributed by atoms with Gasteiger partial charge in [-0.05, 0) is 13.8 Å².